The second-order valence-corrected chi connectivity index (χ2v) is 4.81. The average Bonchev–Trinajstić information content (AvgIpc) is 2.71. The molecule has 0 radical (unpaired) electrons. The number of rotatable bonds is 0. The summed E-state index contributed by atoms with van der Waals surface area (Å²) in [6, 6.07) is 0. The molecule has 2 saturated carbocycles. The molecule has 0 heterocycles. The molecule has 0 amide bonds. The van der Waals surface area contributed by atoms with E-state index >= 15 is 0 Å². The first kappa shape index (κ1) is 7.17. The molecule has 0 bridgehead atoms. The van der Waals surface area contributed by atoms with Gasteiger partial charge in [-0.2, -0.15) is 0 Å². The molecule has 66 valence electrons. The summed E-state index contributed by atoms with van der Waals surface area (Å²) in [4.78, 5) is 0. The first-order valence-electron chi connectivity index (χ1n) is 5.67. The van der Waals surface area contributed by atoms with Gasteiger partial charge in [-0.05, 0) is 63.2 Å². The van der Waals surface area contributed by atoms with Crippen LogP contribution in [0.3, 0.4) is 0 Å². The fourth-order valence-electron chi connectivity index (χ4n) is 3.72. The minimum Gasteiger partial charge on any atom is -0.0676 e. The maximum Gasteiger partial charge on any atom is -0.0200 e. The van der Waals surface area contributed by atoms with E-state index in [1.807, 2.05) is 11.1 Å². The Morgan fingerprint density at radius 2 is 1.17 bits per heavy atom. The minimum absolute atomic E-state index is 1.05. The van der Waals surface area contributed by atoms with Gasteiger partial charge in [0.1, 0.15) is 0 Å². The molecule has 0 spiro atoms. The van der Waals surface area contributed by atoms with Crippen LogP contribution in [0.1, 0.15) is 51.4 Å². The average molecular weight is 162 g/mol. The summed E-state index contributed by atoms with van der Waals surface area (Å²) >= 11 is 0. The fraction of sp³-hybridized carbons (Fsp3) is 0.833. The van der Waals surface area contributed by atoms with Gasteiger partial charge in [0.05, 0.1) is 0 Å². The smallest absolute Gasteiger partial charge is 0.0200 e. The van der Waals surface area contributed by atoms with Crippen molar-refractivity contribution in [1.29, 1.82) is 0 Å². The zero-order chi connectivity index (χ0) is 7.97. The number of hydrogen-bond acceptors (Lipinski definition) is 0. The van der Waals surface area contributed by atoms with Gasteiger partial charge in [-0.3, -0.25) is 0 Å². The molecule has 2 unspecified atom stereocenters. The summed E-state index contributed by atoms with van der Waals surface area (Å²) in [6.07, 6.45) is 12.0. The summed E-state index contributed by atoms with van der Waals surface area (Å²) in [5, 5.41) is 0. The Balaban J connectivity index is 2.00. The Kier molecular flexibility index (Phi) is 1.56. The van der Waals surface area contributed by atoms with E-state index in [0.29, 0.717) is 0 Å². The SMILES string of the molecule is C1CC2=C3CCCC3CCC2C1. The van der Waals surface area contributed by atoms with Crippen LogP contribution in [-0.4, -0.2) is 0 Å². The Morgan fingerprint density at radius 3 is 1.67 bits per heavy atom. The summed E-state index contributed by atoms with van der Waals surface area (Å²) in [5.74, 6) is 2.10. The lowest BCUT2D eigenvalue weighted by Gasteiger charge is -2.26. The van der Waals surface area contributed by atoms with Crippen LogP contribution >= 0.6 is 0 Å². The highest BCUT2D eigenvalue weighted by atomic mass is 14.4. The standard InChI is InChI=1S/C12H18/c1-3-9-7-8-10-4-2-6-12(10)11(9)5-1/h9-10H,1-8H2. The molecular weight excluding hydrogens is 144 g/mol. The van der Waals surface area contributed by atoms with Crippen LogP contribution in [0.25, 0.3) is 0 Å². The highest BCUT2D eigenvalue weighted by molar-refractivity contribution is 5.27. The largest absolute Gasteiger partial charge is 0.0676 e. The van der Waals surface area contributed by atoms with Crippen LogP contribution in [0.2, 0.25) is 0 Å². The van der Waals surface area contributed by atoms with Gasteiger partial charge in [0, 0.05) is 0 Å². The van der Waals surface area contributed by atoms with Crippen LogP contribution in [0.5, 0.6) is 0 Å². The van der Waals surface area contributed by atoms with Crippen molar-refractivity contribution in [2.75, 3.05) is 0 Å². The molecule has 2 atom stereocenters. The van der Waals surface area contributed by atoms with Gasteiger partial charge in [0.15, 0.2) is 0 Å². The molecule has 3 aliphatic rings. The van der Waals surface area contributed by atoms with E-state index in [9.17, 15) is 0 Å². The first-order valence-corrected chi connectivity index (χ1v) is 5.67. The van der Waals surface area contributed by atoms with Gasteiger partial charge in [-0.1, -0.05) is 11.1 Å². The molecule has 0 N–H and O–H groups in total. The van der Waals surface area contributed by atoms with E-state index in [2.05, 4.69) is 0 Å². The molecule has 0 heteroatoms. The van der Waals surface area contributed by atoms with Crippen LogP contribution in [-0.2, 0) is 0 Å². The Hall–Kier alpha value is -0.260. The Morgan fingerprint density at radius 1 is 0.667 bits per heavy atom. The van der Waals surface area contributed by atoms with Gasteiger partial charge < -0.3 is 0 Å². The van der Waals surface area contributed by atoms with Crippen molar-refractivity contribution in [3.05, 3.63) is 11.1 Å². The predicted molar refractivity (Wildman–Crippen MR) is 50.9 cm³/mol. The van der Waals surface area contributed by atoms with Crippen molar-refractivity contribution in [2.45, 2.75) is 51.4 Å². The van der Waals surface area contributed by atoms with Crippen LogP contribution in [0.15, 0.2) is 11.1 Å². The van der Waals surface area contributed by atoms with Gasteiger partial charge in [-0.25, -0.2) is 0 Å². The maximum atomic E-state index is 1.93. The van der Waals surface area contributed by atoms with E-state index < -0.39 is 0 Å². The highest BCUT2D eigenvalue weighted by Gasteiger charge is 2.34. The van der Waals surface area contributed by atoms with Crippen molar-refractivity contribution in [3.8, 4) is 0 Å². The second kappa shape index (κ2) is 2.61. The summed E-state index contributed by atoms with van der Waals surface area (Å²) in [7, 11) is 0. The third kappa shape index (κ3) is 0.901. The predicted octanol–water partition coefficient (Wildman–Crippen LogP) is 3.68. The molecule has 3 aliphatic carbocycles. The fourth-order valence-corrected chi connectivity index (χ4v) is 3.72. The molecule has 2 fully saturated rings. The van der Waals surface area contributed by atoms with Crippen LogP contribution < -0.4 is 0 Å². The number of hydrogen-bond donors (Lipinski definition) is 0. The number of fused-ring (bicyclic) bond motifs is 2. The van der Waals surface area contributed by atoms with Crippen molar-refractivity contribution >= 4 is 0 Å². The zero-order valence-electron chi connectivity index (χ0n) is 7.81. The monoisotopic (exact) mass is 162 g/mol. The third-order valence-corrected chi connectivity index (χ3v) is 4.26. The summed E-state index contributed by atoms with van der Waals surface area (Å²) in [5.41, 5.74) is 3.87. The van der Waals surface area contributed by atoms with Crippen molar-refractivity contribution in [2.24, 2.45) is 11.8 Å². The lowest BCUT2D eigenvalue weighted by Crippen LogP contribution is -2.12. The van der Waals surface area contributed by atoms with E-state index in [-0.39, 0.29) is 0 Å². The molecule has 0 saturated heterocycles. The maximum absolute atomic E-state index is 1.93. The summed E-state index contributed by atoms with van der Waals surface area (Å²) in [6.45, 7) is 0. The van der Waals surface area contributed by atoms with Crippen molar-refractivity contribution < 1.29 is 0 Å². The lowest BCUT2D eigenvalue weighted by atomic mass is 9.80. The van der Waals surface area contributed by atoms with Crippen LogP contribution in [0, 0.1) is 11.8 Å². The molecule has 0 aliphatic heterocycles. The van der Waals surface area contributed by atoms with E-state index in [4.69, 9.17) is 0 Å². The molecule has 12 heavy (non-hydrogen) atoms. The van der Waals surface area contributed by atoms with Gasteiger partial charge >= 0.3 is 0 Å². The molecule has 3 rings (SSSR count). The topological polar surface area (TPSA) is 0 Å². The highest BCUT2D eigenvalue weighted by Crippen LogP contribution is 2.49. The first-order chi connectivity index (χ1) is 5.95. The third-order valence-electron chi connectivity index (χ3n) is 4.26. The van der Waals surface area contributed by atoms with Gasteiger partial charge in [-0.15, -0.1) is 0 Å². The van der Waals surface area contributed by atoms with Gasteiger partial charge in [0.2, 0.25) is 0 Å². The minimum atomic E-state index is 1.05. The van der Waals surface area contributed by atoms with Gasteiger partial charge in [0.25, 0.3) is 0 Å². The molecule has 0 aromatic carbocycles. The normalized spacial score (nSPS) is 40.0. The van der Waals surface area contributed by atoms with E-state index in [0.717, 1.165) is 11.8 Å². The molecule has 0 aromatic rings. The summed E-state index contributed by atoms with van der Waals surface area (Å²) < 4.78 is 0. The Labute approximate surface area is 75.0 Å². The van der Waals surface area contributed by atoms with Crippen molar-refractivity contribution in [3.63, 3.8) is 0 Å². The second-order valence-electron chi connectivity index (χ2n) is 4.81. The quantitative estimate of drug-likeness (QED) is 0.477. The molecule has 0 nitrogen and oxygen atoms in total. The van der Waals surface area contributed by atoms with E-state index in [1.54, 1.807) is 0 Å². The Bertz CT molecular complexity index is 200. The van der Waals surface area contributed by atoms with Crippen LogP contribution in [0.4, 0.5) is 0 Å². The number of allylic oxidation sites excluding steroid dienone is 2. The lowest BCUT2D eigenvalue weighted by molar-refractivity contribution is 0.434. The zero-order valence-corrected chi connectivity index (χ0v) is 7.81. The molecule has 0 aromatic heterocycles. The van der Waals surface area contributed by atoms with Crippen molar-refractivity contribution in [1.82, 2.24) is 0 Å². The van der Waals surface area contributed by atoms with E-state index in [1.165, 1.54) is 51.4 Å². The molecular formula is C12H18.